The second kappa shape index (κ2) is 13.3. The maximum Gasteiger partial charge on any atom is 0.346 e. The molecule has 0 radical (unpaired) electrons. The maximum absolute atomic E-state index is 11.1. The first-order chi connectivity index (χ1) is 20.0. The lowest BCUT2D eigenvalue weighted by molar-refractivity contribution is -0.132. The van der Waals surface area contributed by atoms with E-state index in [1.807, 2.05) is 36.4 Å². The Balaban J connectivity index is 1.27. The molecule has 5 nitrogen and oxygen atoms in total. The van der Waals surface area contributed by atoms with E-state index in [1.165, 1.54) is 36.7 Å². The molecule has 1 aliphatic rings. The molecule has 0 saturated heterocycles. The summed E-state index contributed by atoms with van der Waals surface area (Å²) in [5.74, 6) is 0.560. The van der Waals surface area contributed by atoms with Gasteiger partial charge in [0.15, 0.2) is 11.5 Å². The van der Waals surface area contributed by atoms with E-state index in [-0.39, 0.29) is 5.57 Å². The second-order valence-corrected chi connectivity index (χ2v) is 11.9. The minimum atomic E-state index is -1.22. The fourth-order valence-electron chi connectivity index (χ4n) is 4.60. The van der Waals surface area contributed by atoms with Crippen LogP contribution in [0.3, 0.4) is 0 Å². The summed E-state index contributed by atoms with van der Waals surface area (Å²) < 4.78 is 6.32. The Labute approximate surface area is 248 Å². The lowest BCUT2D eigenvalue weighted by Crippen LogP contribution is -2.22. The average molecular weight is 579 g/mol. The number of carbonyl (C=O) groups is 1. The Morgan fingerprint density at radius 3 is 2.22 bits per heavy atom. The van der Waals surface area contributed by atoms with Gasteiger partial charge in [0.1, 0.15) is 11.6 Å². The molecule has 4 aromatic rings. The van der Waals surface area contributed by atoms with Gasteiger partial charge >= 0.3 is 5.97 Å². The molecule has 0 atom stereocenters. The molecule has 1 N–H and O–H groups in total. The van der Waals surface area contributed by atoms with Gasteiger partial charge in [-0.3, -0.25) is 0 Å². The van der Waals surface area contributed by atoms with Crippen LogP contribution in [-0.2, 0) is 4.79 Å². The summed E-state index contributed by atoms with van der Waals surface area (Å²) >= 11 is 3.13. The van der Waals surface area contributed by atoms with Gasteiger partial charge in [-0.15, -0.1) is 22.7 Å². The number of carboxylic acid groups (broad SMARTS) is 1. The van der Waals surface area contributed by atoms with E-state index >= 15 is 0 Å². The fourth-order valence-corrected chi connectivity index (χ4v) is 6.27. The Kier molecular flexibility index (Phi) is 9.15. The highest BCUT2D eigenvalue weighted by Gasteiger charge is 2.23. The number of anilines is 2. The topological polar surface area (TPSA) is 73.6 Å². The standard InChI is InChI=1S/C34H30N2O3S2/c1-2-3-4-7-20-36-30-8-5-6-9-32(30)39-33-21-24(11-19-31(33)36)10-12-26-13-14-27(40-26)15-16-28-17-18-29(41-28)22-25(23-35)34(37)38/h5-6,8-19,21-22H,2-4,7,20H2,1H3,(H,37,38)/b12-10+,16-15+,25-22+. The summed E-state index contributed by atoms with van der Waals surface area (Å²) in [5, 5.41) is 18.0. The van der Waals surface area contributed by atoms with Crippen LogP contribution in [0.2, 0.25) is 0 Å². The van der Waals surface area contributed by atoms with Gasteiger partial charge < -0.3 is 14.7 Å². The highest BCUT2D eigenvalue weighted by Crippen LogP contribution is 2.47. The van der Waals surface area contributed by atoms with Crippen molar-refractivity contribution in [2.75, 3.05) is 11.4 Å². The van der Waals surface area contributed by atoms with E-state index in [9.17, 15) is 4.79 Å². The normalized spacial score (nSPS) is 12.8. The predicted molar refractivity (Wildman–Crippen MR) is 172 cm³/mol. The third-order valence-electron chi connectivity index (χ3n) is 6.67. The molecule has 0 amide bonds. The molecule has 0 fully saturated rings. The van der Waals surface area contributed by atoms with Crippen LogP contribution in [0.15, 0.2) is 72.3 Å². The third-order valence-corrected chi connectivity index (χ3v) is 8.68. The molecule has 0 unspecified atom stereocenters. The van der Waals surface area contributed by atoms with Gasteiger partial charge in [-0.25, -0.2) is 4.79 Å². The number of para-hydroxylation sites is 2. The molecule has 206 valence electrons. The number of ether oxygens (including phenoxy) is 1. The van der Waals surface area contributed by atoms with Crippen LogP contribution in [0.25, 0.3) is 30.4 Å². The molecule has 0 aliphatic carbocycles. The van der Waals surface area contributed by atoms with Crippen LogP contribution in [0.5, 0.6) is 11.5 Å². The van der Waals surface area contributed by atoms with Gasteiger partial charge in [0.25, 0.3) is 0 Å². The van der Waals surface area contributed by atoms with Crippen LogP contribution in [0.4, 0.5) is 11.4 Å². The molecule has 0 bridgehead atoms. The van der Waals surface area contributed by atoms with Gasteiger partial charge in [0.05, 0.1) is 11.4 Å². The molecule has 5 rings (SSSR count). The van der Waals surface area contributed by atoms with Crippen LogP contribution in [0, 0.1) is 11.3 Å². The highest BCUT2D eigenvalue weighted by atomic mass is 32.1. The Hall–Kier alpha value is -4.38. The van der Waals surface area contributed by atoms with Gasteiger partial charge in [-0.2, -0.15) is 5.26 Å². The number of nitrogens with zero attached hydrogens (tertiary/aromatic N) is 2. The van der Waals surface area contributed by atoms with E-state index in [4.69, 9.17) is 15.1 Å². The minimum Gasteiger partial charge on any atom is -0.477 e. The molecule has 0 saturated carbocycles. The Morgan fingerprint density at radius 2 is 1.51 bits per heavy atom. The summed E-state index contributed by atoms with van der Waals surface area (Å²) in [6.07, 6.45) is 14.5. The van der Waals surface area contributed by atoms with E-state index in [1.54, 1.807) is 17.4 Å². The summed E-state index contributed by atoms with van der Waals surface area (Å²) in [4.78, 5) is 17.4. The SMILES string of the molecule is CCCCCCN1c2ccccc2Oc2cc(/C=C/c3ccc(/C=C/c4ccc(/C=C(\C#N)C(=O)O)s4)s3)ccc21. The van der Waals surface area contributed by atoms with Crippen molar-refractivity contribution in [1.82, 2.24) is 0 Å². The molecular weight excluding hydrogens is 549 g/mol. The number of hydrogen-bond donors (Lipinski definition) is 1. The van der Waals surface area contributed by atoms with Crippen LogP contribution in [0.1, 0.15) is 57.7 Å². The number of hydrogen-bond acceptors (Lipinski definition) is 6. The first-order valence-electron chi connectivity index (χ1n) is 13.6. The lowest BCUT2D eigenvalue weighted by Gasteiger charge is -2.33. The zero-order valence-corrected chi connectivity index (χ0v) is 24.4. The number of thiophene rings is 2. The molecule has 41 heavy (non-hydrogen) atoms. The first-order valence-corrected chi connectivity index (χ1v) is 15.3. The number of carboxylic acids is 1. The quantitative estimate of drug-likeness (QED) is 0.109. The van der Waals surface area contributed by atoms with E-state index < -0.39 is 5.97 Å². The van der Waals surface area contributed by atoms with Crippen molar-refractivity contribution in [3.8, 4) is 17.6 Å². The maximum atomic E-state index is 11.1. The number of aliphatic carboxylic acids is 1. The van der Waals surface area contributed by atoms with Crippen molar-refractivity contribution >= 4 is 70.4 Å². The highest BCUT2D eigenvalue weighted by molar-refractivity contribution is 7.14. The van der Waals surface area contributed by atoms with Crippen molar-refractivity contribution < 1.29 is 14.6 Å². The van der Waals surface area contributed by atoms with Crippen molar-refractivity contribution in [3.63, 3.8) is 0 Å². The summed E-state index contributed by atoms with van der Waals surface area (Å²) in [6.45, 7) is 3.21. The third kappa shape index (κ3) is 7.04. The van der Waals surface area contributed by atoms with Crippen molar-refractivity contribution in [2.45, 2.75) is 32.6 Å². The smallest absolute Gasteiger partial charge is 0.346 e. The average Bonchev–Trinajstić information content (AvgIpc) is 3.64. The zero-order chi connectivity index (χ0) is 28.6. The number of fused-ring (bicyclic) bond motifs is 2. The molecule has 3 heterocycles. The molecule has 2 aromatic heterocycles. The monoisotopic (exact) mass is 578 g/mol. The summed E-state index contributed by atoms with van der Waals surface area (Å²) in [7, 11) is 0. The van der Waals surface area contributed by atoms with Gasteiger partial charge in [0.2, 0.25) is 0 Å². The summed E-state index contributed by atoms with van der Waals surface area (Å²) in [5.41, 5.74) is 3.05. The molecule has 7 heteroatoms. The Bertz CT molecular complexity index is 1670. The van der Waals surface area contributed by atoms with Crippen LogP contribution < -0.4 is 9.64 Å². The Morgan fingerprint density at radius 1 is 0.854 bits per heavy atom. The van der Waals surface area contributed by atoms with Gasteiger partial charge in [0, 0.05) is 26.1 Å². The first kappa shape index (κ1) is 28.2. The fraction of sp³-hybridized carbons (Fsp3) is 0.176. The van der Waals surface area contributed by atoms with Gasteiger partial charge in [-0.05, 0) is 84.8 Å². The number of unbranched alkanes of at least 4 members (excludes halogenated alkanes) is 3. The van der Waals surface area contributed by atoms with E-state index in [2.05, 4.69) is 66.4 Å². The van der Waals surface area contributed by atoms with Crippen LogP contribution in [-0.4, -0.2) is 17.6 Å². The number of nitriles is 1. The second-order valence-electron chi connectivity index (χ2n) is 9.63. The zero-order valence-electron chi connectivity index (χ0n) is 22.7. The number of benzene rings is 2. The molecule has 1 aliphatic heterocycles. The van der Waals surface area contributed by atoms with E-state index in [0.29, 0.717) is 0 Å². The summed E-state index contributed by atoms with van der Waals surface area (Å²) in [6, 6.07) is 24.3. The van der Waals surface area contributed by atoms with E-state index in [0.717, 1.165) is 60.9 Å². The molecule has 2 aromatic carbocycles. The predicted octanol–water partition coefficient (Wildman–Crippen LogP) is 9.97. The van der Waals surface area contributed by atoms with Crippen LogP contribution >= 0.6 is 22.7 Å². The molecule has 0 spiro atoms. The van der Waals surface area contributed by atoms with Crippen molar-refractivity contribution in [1.29, 1.82) is 5.26 Å². The van der Waals surface area contributed by atoms with Crippen molar-refractivity contribution in [3.05, 3.63) is 97.4 Å². The van der Waals surface area contributed by atoms with Crippen molar-refractivity contribution in [2.24, 2.45) is 0 Å². The minimum absolute atomic E-state index is 0.271. The molecular formula is C34H30N2O3S2. The largest absolute Gasteiger partial charge is 0.477 e. The lowest BCUT2D eigenvalue weighted by atomic mass is 10.1. The number of rotatable bonds is 11. The van der Waals surface area contributed by atoms with Gasteiger partial charge in [-0.1, -0.05) is 50.5 Å².